The summed E-state index contributed by atoms with van der Waals surface area (Å²) in [5.41, 5.74) is 0.132. The first-order chi connectivity index (χ1) is 10.7. The van der Waals surface area contributed by atoms with Gasteiger partial charge >= 0.3 is 11.9 Å². The number of carbonyl (C=O) groups excluding carboxylic acids is 1. The van der Waals surface area contributed by atoms with Gasteiger partial charge < -0.3 is 14.4 Å². The van der Waals surface area contributed by atoms with E-state index in [-0.39, 0.29) is 36.2 Å². The minimum atomic E-state index is -3.85. The molecule has 1 aromatic heterocycles. The second-order valence-corrected chi connectivity index (χ2v) is 7.57. The molecule has 1 N–H and O–H groups in total. The van der Waals surface area contributed by atoms with E-state index in [1.165, 1.54) is 16.8 Å². The van der Waals surface area contributed by atoms with Crippen LogP contribution in [0.15, 0.2) is 17.2 Å². The molecule has 1 aliphatic rings. The Labute approximate surface area is 134 Å². The number of carbonyl (C=O) groups is 2. The summed E-state index contributed by atoms with van der Waals surface area (Å²) in [6.45, 7) is 3.64. The Morgan fingerprint density at radius 3 is 2.57 bits per heavy atom. The lowest BCUT2D eigenvalue weighted by Crippen LogP contribution is -2.29. The molecule has 0 spiro atoms. The van der Waals surface area contributed by atoms with Crippen LogP contribution in [-0.4, -0.2) is 54.0 Å². The number of esters is 1. The zero-order valence-electron chi connectivity index (χ0n) is 13.2. The number of nitrogens with zero attached hydrogens (tertiary/aromatic N) is 2. The van der Waals surface area contributed by atoms with E-state index in [9.17, 15) is 18.0 Å². The van der Waals surface area contributed by atoms with E-state index in [1.807, 2.05) is 0 Å². The highest BCUT2D eigenvalue weighted by Crippen LogP contribution is 2.29. The Morgan fingerprint density at radius 2 is 2.04 bits per heavy atom. The number of carboxylic acid groups (broad SMARTS) is 1. The third-order valence-electron chi connectivity index (χ3n) is 4.00. The number of hydrogen-bond acceptors (Lipinski definition) is 5. The fourth-order valence-corrected chi connectivity index (χ4v) is 4.31. The molecule has 2 atom stereocenters. The molecule has 2 heterocycles. The summed E-state index contributed by atoms with van der Waals surface area (Å²) in [4.78, 5) is 22.9. The molecule has 8 nitrogen and oxygen atoms in total. The number of aliphatic carboxylic acids is 1. The maximum absolute atomic E-state index is 12.7. The van der Waals surface area contributed by atoms with E-state index in [2.05, 4.69) is 0 Å². The summed E-state index contributed by atoms with van der Waals surface area (Å²) in [5.74, 6) is -2.60. The second-order valence-electron chi connectivity index (χ2n) is 5.64. The van der Waals surface area contributed by atoms with Crippen LogP contribution in [0.1, 0.15) is 24.3 Å². The molecule has 0 bridgehead atoms. The molecule has 0 aliphatic carbocycles. The van der Waals surface area contributed by atoms with Crippen molar-refractivity contribution in [3.05, 3.63) is 18.0 Å². The fraction of sp³-hybridized carbons (Fsp3) is 0.571. The van der Waals surface area contributed by atoms with Crippen molar-refractivity contribution in [2.24, 2.45) is 18.9 Å². The molecule has 0 radical (unpaired) electrons. The minimum Gasteiger partial charge on any atom is -0.481 e. The molecule has 2 rings (SSSR count). The largest absolute Gasteiger partial charge is 0.481 e. The molecule has 0 saturated carbocycles. The van der Waals surface area contributed by atoms with Crippen molar-refractivity contribution in [1.29, 1.82) is 0 Å². The molecule has 1 aliphatic heterocycles. The van der Waals surface area contributed by atoms with E-state index in [4.69, 9.17) is 9.84 Å². The average Bonchev–Trinajstić information content (AvgIpc) is 3.03. The van der Waals surface area contributed by atoms with Crippen molar-refractivity contribution in [3.8, 4) is 0 Å². The summed E-state index contributed by atoms with van der Waals surface area (Å²) >= 11 is 0. The van der Waals surface area contributed by atoms with Crippen molar-refractivity contribution in [2.75, 3.05) is 19.7 Å². The van der Waals surface area contributed by atoms with Crippen LogP contribution >= 0.6 is 0 Å². The topological polar surface area (TPSA) is 106 Å². The van der Waals surface area contributed by atoms with E-state index >= 15 is 0 Å². The first-order valence-corrected chi connectivity index (χ1v) is 8.69. The molecule has 23 heavy (non-hydrogen) atoms. The maximum Gasteiger partial charge on any atom is 0.354 e. The van der Waals surface area contributed by atoms with E-state index in [0.717, 1.165) is 4.31 Å². The normalized spacial score (nSPS) is 22.2. The van der Waals surface area contributed by atoms with Gasteiger partial charge in [0.05, 0.1) is 12.5 Å². The number of rotatable bonds is 5. The first-order valence-electron chi connectivity index (χ1n) is 7.25. The quantitative estimate of drug-likeness (QED) is 0.782. The highest BCUT2D eigenvalue weighted by atomic mass is 32.2. The molecule has 0 aromatic carbocycles. The van der Waals surface area contributed by atoms with E-state index < -0.39 is 27.9 Å². The standard InChI is InChI=1S/C14H20N2O6S/c1-4-22-14(19)12-5-10(7-15(12)3)23(20,21)16-6-9(2)11(8-16)13(17)18/h5,7,9,11H,4,6,8H2,1-3H3,(H,17,18)/t9-,11-/m1/s1. The van der Waals surface area contributed by atoms with Gasteiger partial charge in [0.2, 0.25) is 10.0 Å². The fourth-order valence-electron chi connectivity index (χ4n) is 2.67. The lowest BCUT2D eigenvalue weighted by atomic mass is 9.99. The molecule has 9 heteroatoms. The summed E-state index contributed by atoms with van der Waals surface area (Å²) in [6, 6.07) is 1.26. The van der Waals surface area contributed by atoms with Crippen LogP contribution in [0.3, 0.4) is 0 Å². The number of sulfonamides is 1. The van der Waals surface area contributed by atoms with Crippen molar-refractivity contribution in [2.45, 2.75) is 18.7 Å². The van der Waals surface area contributed by atoms with Crippen LogP contribution in [0, 0.1) is 11.8 Å². The van der Waals surface area contributed by atoms with Gasteiger partial charge in [-0.1, -0.05) is 6.92 Å². The minimum absolute atomic E-state index is 0.0405. The predicted octanol–water partition coefficient (Wildman–Crippen LogP) is 0.543. The van der Waals surface area contributed by atoms with Crippen LogP contribution in [0.4, 0.5) is 0 Å². The summed E-state index contributed by atoms with van der Waals surface area (Å²) in [6.07, 6.45) is 1.33. The monoisotopic (exact) mass is 344 g/mol. The Balaban J connectivity index is 2.29. The third-order valence-corrected chi connectivity index (χ3v) is 5.80. The van der Waals surface area contributed by atoms with Crippen molar-refractivity contribution in [1.82, 2.24) is 8.87 Å². The zero-order chi connectivity index (χ0) is 17.4. The summed E-state index contributed by atoms with van der Waals surface area (Å²) in [5, 5.41) is 9.13. The van der Waals surface area contributed by atoms with Gasteiger partial charge in [-0.3, -0.25) is 4.79 Å². The van der Waals surface area contributed by atoms with Gasteiger partial charge in [0.25, 0.3) is 0 Å². The number of aromatic nitrogens is 1. The molecule has 1 saturated heterocycles. The number of hydrogen-bond donors (Lipinski definition) is 1. The zero-order valence-corrected chi connectivity index (χ0v) is 14.0. The first kappa shape index (κ1) is 17.5. The van der Waals surface area contributed by atoms with Gasteiger partial charge in [0, 0.05) is 26.3 Å². The summed E-state index contributed by atoms with van der Waals surface area (Å²) < 4.78 is 32.7. The molecular weight excluding hydrogens is 324 g/mol. The van der Waals surface area contributed by atoms with Gasteiger partial charge in [-0.15, -0.1) is 0 Å². The Morgan fingerprint density at radius 1 is 1.39 bits per heavy atom. The molecular formula is C14H20N2O6S. The van der Waals surface area contributed by atoms with Gasteiger partial charge in [0.15, 0.2) is 0 Å². The number of ether oxygens (including phenoxy) is 1. The molecule has 0 amide bonds. The molecule has 1 fully saturated rings. The van der Waals surface area contributed by atoms with Crippen molar-refractivity contribution >= 4 is 22.0 Å². The molecule has 0 unspecified atom stereocenters. The lowest BCUT2D eigenvalue weighted by Gasteiger charge is -2.14. The lowest BCUT2D eigenvalue weighted by molar-refractivity contribution is -0.142. The predicted molar refractivity (Wildman–Crippen MR) is 80.4 cm³/mol. The van der Waals surface area contributed by atoms with E-state index in [1.54, 1.807) is 20.9 Å². The average molecular weight is 344 g/mol. The Hall–Kier alpha value is -1.87. The van der Waals surface area contributed by atoms with Gasteiger partial charge in [-0.05, 0) is 18.9 Å². The van der Waals surface area contributed by atoms with Crippen LogP contribution in [-0.2, 0) is 26.6 Å². The van der Waals surface area contributed by atoms with Gasteiger partial charge in [-0.2, -0.15) is 4.31 Å². The third kappa shape index (κ3) is 3.25. The highest BCUT2D eigenvalue weighted by molar-refractivity contribution is 7.89. The number of carboxylic acids is 1. The maximum atomic E-state index is 12.7. The molecule has 128 valence electrons. The Bertz CT molecular complexity index is 724. The highest BCUT2D eigenvalue weighted by Gasteiger charge is 2.41. The van der Waals surface area contributed by atoms with Crippen molar-refractivity contribution < 1.29 is 27.9 Å². The second kappa shape index (κ2) is 6.32. The van der Waals surface area contributed by atoms with Crippen LogP contribution in [0.5, 0.6) is 0 Å². The van der Waals surface area contributed by atoms with Crippen LogP contribution in [0.25, 0.3) is 0 Å². The van der Waals surface area contributed by atoms with E-state index in [0.29, 0.717) is 0 Å². The smallest absolute Gasteiger partial charge is 0.354 e. The Kier molecular flexibility index (Phi) is 4.81. The number of aryl methyl sites for hydroxylation is 1. The van der Waals surface area contributed by atoms with Gasteiger partial charge in [0.1, 0.15) is 10.6 Å². The summed E-state index contributed by atoms with van der Waals surface area (Å²) in [7, 11) is -2.29. The van der Waals surface area contributed by atoms with Crippen LogP contribution < -0.4 is 0 Å². The van der Waals surface area contributed by atoms with Gasteiger partial charge in [-0.25, -0.2) is 13.2 Å². The molecule has 1 aromatic rings. The van der Waals surface area contributed by atoms with Crippen molar-refractivity contribution in [3.63, 3.8) is 0 Å². The SMILES string of the molecule is CCOC(=O)c1cc(S(=O)(=O)N2C[C@@H](C)[C@H](C(=O)O)C2)cn1C. The van der Waals surface area contributed by atoms with Crippen LogP contribution in [0.2, 0.25) is 0 Å².